The third kappa shape index (κ3) is 2.65. The molecule has 0 aliphatic rings. The van der Waals surface area contributed by atoms with Crippen LogP contribution in [0, 0.1) is 9.39 Å². The maximum Gasteiger partial charge on any atom is 0.255 e. The van der Waals surface area contributed by atoms with E-state index in [1.54, 1.807) is 12.1 Å². The maximum absolute atomic E-state index is 13.2. The highest BCUT2D eigenvalue weighted by Crippen LogP contribution is 2.15. The first kappa shape index (κ1) is 11.4. The van der Waals surface area contributed by atoms with Gasteiger partial charge in [0, 0.05) is 10.1 Å². The minimum atomic E-state index is -0.549. The molecule has 0 bridgehead atoms. The summed E-state index contributed by atoms with van der Waals surface area (Å²) in [5.41, 5.74) is 0.0292. The number of aliphatic hydroxyl groups excluding tert-OH is 1. The number of carbonyl (C=O) groups is 1. The number of aliphatic hydroxyl groups is 1. The lowest BCUT2D eigenvalue weighted by Crippen LogP contribution is -2.27. The number of hydrogen-bond acceptors (Lipinski definition) is 2. The van der Waals surface area contributed by atoms with Crippen molar-refractivity contribution in [2.45, 2.75) is 0 Å². The first-order valence-corrected chi connectivity index (χ1v) is 5.07. The molecule has 0 aliphatic heterocycles. The molecule has 0 atom stereocenters. The van der Waals surface area contributed by atoms with Gasteiger partial charge in [-0.3, -0.25) is 4.79 Å². The Morgan fingerprint density at radius 3 is 2.86 bits per heavy atom. The van der Waals surface area contributed by atoms with Gasteiger partial charge in [0.05, 0.1) is 12.2 Å². The standard InChI is InChI=1S/C9H9FINO2/c10-6-2-1-3-7(11)8(6)9(14)12-4-5-13/h1-3,13H,4-5H2,(H,12,14). The average Bonchev–Trinajstić information content (AvgIpc) is 2.14. The van der Waals surface area contributed by atoms with Crippen molar-refractivity contribution in [1.29, 1.82) is 0 Å². The van der Waals surface area contributed by atoms with Crippen molar-refractivity contribution < 1.29 is 14.3 Å². The van der Waals surface area contributed by atoms with Crippen molar-refractivity contribution in [2.75, 3.05) is 13.2 Å². The normalized spacial score (nSPS) is 9.93. The van der Waals surface area contributed by atoms with E-state index in [-0.39, 0.29) is 18.7 Å². The largest absolute Gasteiger partial charge is 0.395 e. The quantitative estimate of drug-likeness (QED) is 0.823. The molecule has 2 N–H and O–H groups in total. The van der Waals surface area contributed by atoms with Crippen LogP contribution in [0.5, 0.6) is 0 Å². The minimum absolute atomic E-state index is 0.0292. The van der Waals surface area contributed by atoms with Gasteiger partial charge < -0.3 is 10.4 Å². The lowest BCUT2D eigenvalue weighted by Gasteiger charge is -2.05. The Kier molecular flexibility index (Phi) is 4.27. The van der Waals surface area contributed by atoms with E-state index in [2.05, 4.69) is 5.32 Å². The summed E-state index contributed by atoms with van der Waals surface area (Å²) in [7, 11) is 0. The zero-order valence-electron chi connectivity index (χ0n) is 7.26. The van der Waals surface area contributed by atoms with E-state index < -0.39 is 11.7 Å². The molecule has 0 heterocycles. The molecule has 1 aromatic rings. The lowest BCUT2D eigenvalue weighted by atomic mass is 10.2. The Morgan fingerprint density at radius 2 is 2.29 bits per heavy atom. The summed E-state index contributed by atoms with van der Waals surface area (Å²) in [6, 6.07) is 4.42. The van der Waals surface area contributed by atoms with Gasteiger partial charge in [-0.15, -0.1) is 0 Å². The molecule has 5 heteroatoms. The van der Waals surface area contributed by atoms with Gasteiger partial charge >= 0.3 is 0 Å². The van der Waals surface area contributed by atoms with Crippen molar-refractivity contribution in [3.63, 3.8) is 0 Å². The van der Waals surface area contributed by atoms with Crippen LogP contribution >= 0.6 is 22.6 Å². The highest BCUT2D eigenvalue weighted by molar-refractivity contribution is 14.1. The molecule has 1 aromatic carbocycles. The topological polar surface area (TPSA) is 49.3 Å². The lowest BCUT2D eigenvalue weighted by molar-refractivity contribution is 0.0940. The summed E-state index contributed by atoms with van der Waals surface area (Å²) < 4.78 is 13.8. The fraction of sp³-hybridized carbons (Fsp3) is 0.222. The molecule has 76 valence electrons. The molecule has 0 aliphatic carbocycles. The average molecular weight is 309 g/mol. The molecule has 0 saturated heterocycles. The van der Waals surface area contributed by atoms with Gasteiger partial charge in [-0.05, 0) is 34.7 Å². The van der Waals surface area contributed by atoms with Crippen LogP contribution < -0.4 is 5.32 Å². The fourth-order valence-corrected chi connectivity index (χ4v) is 1.68. The number of benzene rings is 1. The van der Waals surface area contributed by atoms with Crippen molar-refractivity contribution in [2.24, 2.45) is 0 Å². The molecule has 0 fully saturated rings. The summed E-state index contributed by atoms with van der Waals surface area (Å²) in [5.74, 6) is -1.05. The van der Waals surface area contributed by atoms with Gasteiger partial charge in [0.25, 0.3) is 5.91 Å². The molecule has 0 unspecified atom stereocenters. The third-order valence-electron chi connectivity index (χ3n) is 1.59. The molecule has 0 saturated carbocycles. The van der Waals surface area contributed by atoms with Crippen LogP contribution in [0.2, 0.25) is 0 Å². The van der Waals surface area contributed by atoms with Crippen LogP contribution in [0.25, 0.3) is 0 Å². The van der Waals surface area contributed by atoms with Crippen LogP contribution in [0.1, 0.15) is 10.4 Å². The Balaban J connectivity index is 2.89. The van der Waals surface area contributed by atoms with Gasteiger partial charge in [-0.25, -0.2) is 4.39 Å². The first-order chi connectivity index (χ1) is 6.66. The second-order valence-corrected chi connectivity index (χ2v) is 3.74. The van der Waals surface area contributed by atoms with Crippen LogP contribution in [0.3, 0.4) is 0 Å². The number of amides is 1. The van der Waals surface area contributed by atoms with E-state index in [0.29, 0.717) is 3.57 Å². The highest BCUT2D eigenvalue weighted by atomic mass is 127. The molecule has 1 amide bonds. The summed E-state index contributed by atoms with van der Waals surface area (Å²) in [5, 5.41) is 10.9. The summed E-state index contributed by atoms with van der Waals surface area (Å²) in [4.78, 5) is 11.4. The van der Waals surface area contributed by atoms with Gasteiger partial charge in [0.2, 0.25) is 0 Å². The first-order valence-electron chi connectivity index (χ1n) is 4.00. The van der Waals surface area contributed by atoms with Crippen molar-refractivity contribution >= 4 is 28.5 Å². The Hall–Kier alpha value is -0.690. The second kappa shape index (κ2) is 5.26. The fourth-order valence-electron chi connectivity index (χ4n) is 0.973. The molecule has 0 aromatic heterocycles. The summed E-state index contributed by atoms with van der Waals surface area (Å²) in [6.45, 7) is -0.0278. The Morgan fingerprint density at radius 1 is 1.57 bits per heavy atom. The van der Waals surface area contributed by atoms with E-state index in [1.807, 2.05) is 22.6 Å². The predicted molar refractivity (Wildman–Crippen MR) is 58.5 cm³/mol. The van der Waals surface area contributed by atoms with E-state index in [9.17, 15) is 9.18 Å². The van der Waals surface area contributed by atoms with Crippen LogP contribution in [0.15, 0.2) is 18.2 Å². The van der Waals surface area contributed by atoms with Gasteiger partial charge in [0.1, 0.15) is 5.82 Å². The van der Waals surface area contributed by atoms with E-state index in [4.69, 9.17) is 5.11 Å². The number of hydrogen-bond donors (Lipinski definition) is 2. The zero-order chi connectivity index (χ0) is 10.6. The predicted octanol–water partition coefficient (Wildman–Crippen LogP) is 1.15. The molecule has 1 rings (SSSR count). The maximum atomic E-state index is 13.2. The van der Waals surface area contributed by atoms with Crippen molar-refractivity contribution in [1.82, 2.24) is 5.32 Å². The molecular weight excluding hydrogens is 300 g/mol. The van der Waals surface area contributed by atoms with E-state index >= 15 is 0 Å². The summed E-state index contributed by atoms with van der Waals surface area (Å²) >= 11 is 1.89. The zero-order valence-corrected chi connectivity index (χ0v) is 9.42. The number of carbonyl (C=O) groups excluding carboxylic acids is 1. The van der Waals surface area contributed by atoms with Crippen molar-refractivity contribution in [3.8, 4) is 0 Å². The van der Waals surface area contributed by atoms with Crippen LogP contribution in [0.4, 0.5) is 4.39 Å². The SMILES string of the molecule is O=C(NCCO)c1c(F)cccc1I. The molecule has 3 nitrogen and oxygen atoms in total. The molecule has 0 spiro atoms. The van der Waals surface area contributed by atoms with Crippen molar-refractivity contribution in [3.05, 3.63) is 33.1 Å². The van der Waals surface area contributed by atoms with Gasteiger partial charge in [-0.1, -0.05) is 6.07 Å². The van der Waals surface area contributed by atoms with E-state index in [0.717, 1.165) is 0 Å². The molecule has 14 heavy (non-hydrogen) atoms. The Labute approximate surface area is 94.5 Å². The van der Waals surface area contributed by atoms with Crippen LogP contribution in [-0.4, -0.2) is 24.2 Å². The van der Waals surface area contributed by atoms with Gasteiger partial charge in [-0.2, -0.15) is 0 Å². The smallest absolute Gasteiger partial charge is 0.255 e. The number of rotatable bonds is 3. The minimum Gasteiger partial charge on any atom is -0.395 e. The third-order valence-corrected chi connectivity index (χ3v) is 2.49. The summed E-state index contributed by atoms with van der Waals surface area (Å²) in [6.07, 6.45) is 0. The number of halogens is 2. The van der Waals surface area contributed by atoms with Gasteiger partial charge in [0.15, 0.2) is 0 Å². The highest BCUT2D eigenvalue weighted by Gasteiger charge is 2.14. The monoisotopic (exact) mass is 309 g/mol. The number of nitrogens with one attached hydrogen (secondary N) is 1. The van der Waals surface area contributed by atoms with Crippen LogP contribution in [-0.2, 0) is 0 Å². The second-order valence-electron chi connectivity index (χ2n) is 2.58. The molecule has 0 radical (unpaired) electrons. The molecular formula is C9H9FINO2. The Bertz CT molecular complexity index is 323. The van der Waals surface area contributed by atoms with E-state index in [1.165, 1.54) is 6.07 Å².